The average molecular weight is 157 g/mol. The van der Waals surface area contributed by atoms with E-state index >= 15 is 0 Å². The summed E-state index contributed by atoms with van der Waals surface area (Å²) in [4.78, 5) is 0. The molecule has 1 aromatic rings. The van der Waals surface area contributed by atoms with Gasteiger partial charge in [-0.1, -0.05) is 0 Å². The minimum absolute atomic E-state index is 0.345. The molecule has 1 heterocycles. The van der Waals surface area contributed by atoms with Gasteiger partial charge in [-0.25, -0.2) is 0 Å². The van der Waals surface area contributed by atoms with Crippen LogP contribution in [0.3, 0.4) is 0 Å². The summed E-state index contributed by atoms with van der Waals surface area (Å²) in [6.07, 6.45) is 0. The van der Waals surface area contributed by atoms with Crippen LogP contribution in [0, 0.1) is 6.92 Å². The number of ether oxygens (including phenoxy) is 1. The first-order valence-corrected chi connectivity index (χ1v) is 3.39. The quantitative estimate of drug-likeness (QED) is 0.615. The highest BCUT2D eigenvalue weighted by atomic mass is 16.5. The van der Waals surface area contributed by atoms with Gasteiger partial charge in [-0.3, -0.25) is 0 Å². The van der Waals surface area contributed by atoms with E-state index in [9.17, 15) is 0 Å². The number of hydrogen-bond donors (Lipinski definition) is 1. The van der Waals surface area contributed by atoms with E-state index in [2.05, 4.69) is 10.2 Å². The Labute approximate surface area is 64.5 Å². The average Bonchev–Trinajstić information content (AvgIpc) is 2.37. The number of aryl methyl sites for hydroxylation is 1. The van der Waals surface area contributed by atoms with E-state index in [0.717, 1.165) is 0 Å². The number of rotatable bonds is 4. The maximum absolute atomic E-state index is 5.21. The molecule has 0 aliphatic rings. The van der Waals surface area contributed by atoms with E-state index in [1.165, 1.54) is 0 Å². The van der Waals surface area contributed by atoms with Crippen LogP contribution in [0.4, 0.5) is 0 Å². The third-order valence-electron chi connectivity index (χ3n) is 1.06. The van der Waals surface area contributed by atoms with Crippen molar-refractivity contribution in [2.45, 2.75) is 13.5 Å². The first-order chi connectivity index (χ1) is 5.33. The van der Waals surface area contributed by atoms with Crippen LogP contribution in [0.5, 0.6) is 0 Å². The fourth-order valence-electron chi connectivity index (χ4n) is 0.639. The SMILES string of the molecule is Cc1nnc(COCCN)o1. The topological polar surface area (TPSA) is 74.2 Å². The summed E-state index contributed by atoms with van der Waals surface area (Å²) in [6, 6.07) is 0. The maximum atomic E-state index is 5.21. The summed E-state index contributed by atoms with van der Waals surface area (Å²) in [5.41, 5.74) is 5.21. The van der Waals surface area contributed by atoms with Gasteiger partial charge in [0, 0.05) is 13.5 Å². The van der Waals surface area contributed by atoms with Gasteiger partial charge >= 0.3 is 0 Å². The normalized spacial score (nSPS) is 10.4. The highest BCUT2D eigenvalue weighted by Gasteiger charge is 2.00. The smallest absolute Gasteiger partial charge is 0.242 e. The zero-order valence-corrected chi connectivity index (χ0v) is 6.41. The molecule has 5 heteroatoms. The molecule has 0 fully saturated rings. The maximum Gasteiger partial charge on any atom is 0.242 e. The summed E-state index contributed by atoms with van der Waals surface area (Å²) in [5, 5.41) is 7.37. The van der Waals surface area contributed by atoms with E-state index in [-0.39, 0.29) is 0 Å². The fourth-order valence-corrected chi connectivity index (χ4v) is 0.639. The van der Waals surface area contributed by atoms with Crippen molar-refractivity contribution >= 4 is 0 Å². The second kappa shape index (κ2) is 4.05. The molecule has 5 nitrogen and oxygen atoms in total. The largest absolute Gasteiger partial charge is 0.423 e. The lowest BCUT2D eigenvalue weighted by Crippen LogP contribution is -2.08. The molecule has 0 bridgehead atoms. The molecule has 1 rings (SSSR count). The Morgan fingerprint density at radius 2 is 2.36 bits per heavy atom. The van der Waals surface area contributed by atoms with Gasteiger partial charge in [0.15, 0.2) is 0 Å². The molecule has 0 atom stereocenters. The standard InChI is InChI=1S/C6H11N3O2/c1-5-8-9-6(11-5)4-10-3-2-7/h2-4,7H2,1H3. The zero-order chi connectivity index (χ0) is 8.10. The lowest BCUT2D eigenvalue weighted by Gasteiger charge is -1.95. The molecule has 0 amide bonds. The van der Waals surface area contributed by atoms with Crippen molar-refractivity contribution in [3.8, 4) is 0 Å². The third-order valence-corrected chi connectivity index (χ3v) is 1.06. The predicted molar refractivity (Wildman–Crippen MR) is 37.7 cm³/mol. The Bertz CT molecular complexity index is 211. The monoisotopic (exact) mass is 157 g/mol. The molecule has 0 aliphatic heterocycles. The Balaban J connectivity index is 2.27. The van der Waals surface area contributed by atoms with Crippen molar-refractivity contribution in [2.24, 2.45) is 5.73 Å². The lowest BCUT2D eigenvalue weighted by atomic mass is 10.7. The number of nitrogens with zero attached hydrogens (tertiary/aromatic N) is 2. The van der Waals surface area contributed by atoms with Gasteiger partial charge < -0.3 is 14.9 Å². The summed E-state index contributed by atoms with van der Waals surface area (Å²) < 4.78 is 10.1. The molecular formula is C6H11N3O2. The van der Waals surface area contributed by atoms with E-state index in [4.69, 9.17) is 14.9 Å². The van der Waals surface area contributed by atoms with Crippen molar-refractivity contribution in [3.63, 3.8) is 0 Å². The highest BCUT2D eigenvalue weighted by molar-refractivity contribution is 4.75. The predicted octanol–water partition coefficient (Wildman–Crippen LogP) is -0.147. The van der Waals surface area contributed by atoms with Crippen molar-refractivity contribution in [2.75, 3.05) is 13.2 Å². The number of aromatic nitrogens is 2. The molecule has 2 N–H and O–H groups in total. The van der Waals surface area contributed by atoms with Gasteiger partial charge in [0.1, 0.15) is 6.61 Å². The zero-order valence-electron chi connectivity index (χ0n) is 6.41. The minimum atomic E-state index is 0.345. The van der Waals surface area contributed by atoms with Gasteiger partial charge in [0.05, 0.1) is 6.61 Å². The number of hydrogen-bond acceptors (Lipinski definition) is 5. The van der Waals surface area contributed by atoms with Crippen LogP contribution in [0.15, 0.2) is 4.42 Å². The molecule has 0 saturated heterocycles. The van der Waals surface area contributed by atoms with E-state index in [1.807, 2.05) is 0 Å². The van der Waals surface area contributed by atoms with Gasteiger partial charge in [0.2, 0.25) is 11.8 Å². The molecule has 0 aromatic carbocycles. The second-order valence-corrected chi connectivity index (χ2v) is 2.06. The van der Waals surface area contributed by atoms with E-state index in [0.29, 0.717) is 31.5 Å². The summed E-state index contributed by atoms with van der Waals surface area (Å²) >= 11 is 0. The Morgan fingerprint density at radius 1 is 1.55 bits per heavy atom. The Morgan fingerprint density at radius 3 is 2.91 bits per heavy atom. The summed E-state index contributed by atoms with van der Waals surface area (Å²) in [6.45, 7) is 3.10. The van der Waals surface area contributed by atoms with Crippen LogP contribution in [-0.4, -0.2) is 23.3 Å². The molecule has 0 spiro atoms. The van der Waals surface area contributed by atoms with Gasteiger partial charge in [-0.15, -0.1) is 10.2 Å². The third kappa shape index (κ3) is 2.65. The molecule has 0 unspecified atom stereocenters. The highest BCUT2D eigenvalue weighted by Crippen LogP contribution is 1.98. The summed E-state index contributed by atoms with van der Waals surface area (Å²) in [5.74, 6) is 1.05. The van der Waals surface area contributed by atoms with Crippen LogP contribution < -0.4 is 5.73 Å². The van der Waals surface area contributed by atoms with Crippen molar-refractivity contribution in [1.82, 2.24) is 10.2 Å². The van der Waals surface area contributed by atoms with Crippen LogP contribution in [0.2, 0.25) is 0 Å². The van der Waals surface area contributed by atoms with Crippen LogP contribution in [-0.2, 0) is 11.3 Å². The van der Waals surface area contributed by atoms with Crippen molar-refractivity contribution in [1.29, 1.82) is 0 Å². The first-order valence-electron chi connectivity index (χ1n) is 3.39. The first kappa shape index (κ1) is 8.16. The molecule has 62 valence electrons. The minimum Gasteiger partial charge on any atom is -0.423 e. The fraction of sp³-hybridized carbons (Fsp3) is 0.667. The molecule has 0 aliphatic carbocycles. The van der Waals surface area contributed by atoms with Gasteiger partial charge in [-0.2, -0.15) is 0 Å². The van der Waals surface area contributed by atoms with Gasteiger partial charge in [-0.05, 0) is 0 Å². The molecule has 0 saturated carbocycles. The molecule has 11 heavy (non-hydrogen) atoms. The van der Waals surface area contributed by atoms with Crippen molar-refractivity contribution < 1.29 is 9.15 Å². The van der Waals surface area contributed by atoms with E-state index in [1.54, 1.807) is 6.92 Å². The van der Waals surface area contributed by atoms with E-state index < -0.39 is 0 Å². The van der Waals surface area contributed by atoms with Crippen molar-refractivity contribution in [3.05, 3.63) is 11.8 Å². The molecule has 0 radical (unpaired) electrons. The Kier molecular flexibility index (Phi) is 3.00. The van der Waals surface area contributed by atoms with Crippen LogP contribution >= 0.6 is 0 Å². The number of nitrogens with two attached hydrogens (primary N) is 1. The lowest BCUT2D eigenvalue weighted by molar-refractivity contribution is 0.108. The molecule has 1 aromatic heterocycles. The molecular weight excluding hydrogens is 146 g/mol. The summed E-state index contributed by atoms with van der Waals surface area (Å²) in [7, 11) is 0. The van der Waals surface area contributed by atoms with Gasteiger partial charge in [0.25, 0.3) is 0 Å². The Hall–Kier alpha value is -0.940. The van der Waals surface area contributed by atoms with Crippen LogP contribution in [0.25, 0.3) is 0 Å². The van der Waals surface area contributed by atoms with Crippen LogP contribution in [0.1, 0.15) is 11.8 Å². The second-order valence-electron chi connectivity index (χ2n) is 2.06.